The number of hydrazone groups is 1. The molecule has 33 heavy (non-hydrogen) atoms. The van der Waals surface area contributed by atoms with Crippen molar-refractivity contribution in [3.8, 4) is 11.5 Å². The number of benzene rings is 3. The normalized spacial score (nSPS) is 10.5. The number of methoxy groups -OCH3 is 1. The van der Waals surface area contributed by atoms with E-state index in [2.05, 4.69) is 15.8 Å². The lowest BCUT2D eigenvalue weighted by Crippen LogP contribution is -2.32. The zero-order valence-corrected chi connectivity index (χ0v) is 18.7. The molecular formula is C23H17Cl2N3O5. The Morgan fingerprint density at radius 1 is 0.879 bits per heavy atom. The van der Waals surface area contributed by atoms with Crippen LogP contribution in [0.4, 0.5) is 5.69 Å². The first-order valence-corrected chi connectivity index (χ1v) is 10.2. The predicted molar refractivity (Wildman–Crippen MR) is 125 cm³/mol. The molecule has 0 aromatic heterocycles. The largest absolute Gasteiger partial charge is 0.497 e. The lowest BCUT2D eigenvalue weighted by Gasteiger charge is -2.07. The third-order valence-corrected chi connectivity index (χ3v) is 5.02. The van der Waals surface area contributed by atoms with Crippen LogP contribution in [0, 0.1) is 0 Å². The fourth-order valence-electron chi connectivity index (χ4n) is 2.51. The molecule has 3 rings (SSSR count). The van der Waals surface area contributed by atoms with Gasteiger partial charge in [-0.05, 0) is 66.2 Å². The van der Waals surface area contributed by atoms with Gasteiger partial charge in [0.05, 0.1) is 34.6 Å². The van der Waals surface area contributed by atoms with Crippen LogP contribution in [0.25, 0.3) is 0 Å². The lowest BCUT2D eigenvalue weighted by atomic mass is 10.2. The molecule has 3 aromatic rings. The van der Waals surface area contributed by atoms with Crippen molar-refractivity contribution in [2.75, 3.05) is 12.4 Å². The van der Waals surface area contributed by atoms with E-state index < -0.39 is 17.8 Å². The predicted octanol–water partition coefficient (Wildman–Crippen LogP) is 4.31. The molecule has 0 fully saturated rings. The van der Waals surface area contributed by atoms with E-state index in [0.29, 0.717) is 22.6 Å². The van der Waals surface area contributed by atoms with E-state index in [1.165, 1.54) is 19.4 Å². The number of halogens is 2. The van der Waals surface area contributed by atoms with Gasteiger partial charge in [-0.2, -0.15) is 5.10 Å². The Kier molecular flexibility index (Phi) is 8.01. The summed E-state index contributed by atoms with van der Waals surface area (Å²) in [6.45, 7) is 0. The van der Waals surface area contributed by atoms with Crippen LogP contribution in [-0.2, 0) is 9.59 Å². The van der Waals surface area contributed by atoms with Gasteiger partial charge in [0.2, 0.25) is 0 Å². The standard InChI is InChI=1S/C23H17Cl2N3O5/c1-32-16-11-7-15(8-12-16)23(31)33-17-9-5-14(6-10-17)13-26-28-22(30)21(29)27-19-4-2-3-18(24)20(19)25/h2-13H,1H3,(H,27,29)(H,28,30). The van der Waals surface area contributed by atoms with Gasteiger partial charge in [-0.25, -0.2) is 10.2 Å². The molecule has 2 amide bonds. The van der Waals surface area contributed by atoms with Crippen molar-refractivity contribution in [3.63, 3.8) is 0 Å². The number of ether oxygens (including phenoxy) is 2. The van der Waals surface area contributed by atoms with E-state index in [1.807, 2.05) is 0 Å². The molecule has 168 valence electrons. The van der Waals surface area contributed by atoms with Gasteiger partial charge in [0, 0.05) is 0 Å². The first-order valence-electron chi connectivity index (χ1n) is 9.42. The summed E-state index contributed by atoms with van der Waals surface area (Å²) in [7, 11) is 1.54. The monoisotopic (exact) mass is 485 g/mol. The van der Waals surface area contributed by atoms with Gasteiger partial charge >= 0.3 is 17.8 Å². The maximum atomic E-state index is 12.2. The van der Waals surface area contributed by atoms with E-state index in [0.717, 1.165) is 0 Å². The van der Waals surface area contributed by atoms with Crippen LogP contribution in [0.5, 0.6) is 11.5 Å². The van der Waals surface area contributed by atoms with Gasteiger partial charge < -0.3 is 14.8 Å². The Morgan fingerprint density at radius 3 is 2.21 bits per heavy atom. The third-order valence-electron chi connectivity index (χ3n) is 4.20. The quantitative estimate of drug-likeness (QED) is 0.178. The van der Waals surface area contributed by atoms with Gasteiger partial charge in [-0.3, -0.25) is 9.59 Å². The van der Waals surface area contributed by atoms with E-state index in [-0.39, 0.29) is 15.7 Å². The number of carbonyl (C=O) groups excluding carboxylic acids is 3. The number of amides is 2. The molecule has 0 spiro atoms. The molecule has 0 radical (unpaired) electrons. The van der Waals surface area contributed by atoms with Crippen molar-refractivity contribution in [2.24, 2.45) is 5.10 Å². The Hall–Kier alpha value is -3.88. The van der Waals surface area contributed by atoms with Crippen LogP contribution in [0.1, 0.15) is 15.9 Å². The highest BCUT2D eigenvalue weighted by molar-refractivity contribution is 6.45. The molecule has 0 aliphatic carbocycles. The number of nitrogens with zero attached hydrogens (tertiary/aromatic N) is 1. The molecule has 0 saturated carbocycles. The SMILES string of the molecule is COc1ccc(C(=O)Oc2ccc(C=NNC(=O)C(=O)Nc3cccc(Cl)c3Cl)cc2)cc1. The topological polar surface area (TPSA) is 106 Å². The summed E-state index contributed by atoms with van der Waals surface area (Å²) < 4.78 is 10.4. The Labute approximate surface area is 199 Å². The number of anilines is 1. The van der Waals surface area contributed by atoms with Crippen molar-refractivity contribution in [2.45, 2.75) is 0 Å². The second-order valence-electron chi connectivity index (χ2n) is 6.44. The molecular weight excluding hydrogens is 469 g/mol. The van der Waals surface area contributed by atoms with Crippen molar-refractivity contribution < 1.29 is 23.9 Å². The Bertz CT molecular complexity index is 1200. The number of nitrogens with one attached hydrogen (secondary N) is 2. The van der Waals surface area contributed by atoms with E-state index in [1.54, 1.807) is 60.7 Å². The van der Waals surface area contributed by atoms with Crippen molar-refractivity contribution in [1.29, 1.82) is 0 Å². The highest BCUT2D eigenvalue weighted by Crippen LogP contribution is 2.29. The number of esters is 1. The molecule has 10 heteroatoms. The summed E-state index contributed by atoms with van der Waals surface area (Å²) in [5, 5.41) is 6.45. The maximum Gasteiger partial charge on any atom is 0.343 e. The molecule has 8 nitrogen and oxygen atoms in total. The Balaban J connectivity index is 1.52. The first-order chi connectivity index (χ1) is 15.9. The summed E-state index contributed by atoms with van der Waals surface area (Å²) in [6, 6.07) is 17.5. The van der Waals surface area contributed by atoms with Gasteiger partial charge in [0.15, 0.2) is 0 Å². The molecule has 0 atom stereocenters. The summed E-state index contributed by atoms with van der Waals surface area (Å²) in [5.41, 5.74) is 3.28. The molecule has 0 heterocycles. The smallest absolute Gasteiger partial charge is 0.343 e. The average molecular weight is 486 g/mol. The minimum Gasteiger partial charge on any atom is -0.497 e. The summed E-state index contributed by atoms with van der Waals surface area (Å²) in [5.74, 6) is -1.51. The number of rotatable bonds is 6. The fourth-order valence-corrected chi connectivity index (χ4v) is 2.86. The third kappa shape index (κ3) is 6.55. The van der Waals surface area contributed by atoms with E-state index in [9.17, 15) is 14.4 Å². The first kappa shape index (κ1) is 23.8. The molecule has 3 aromatic carbocycles. The Morgan fingerprint density at radius 2 is 1.55 bits per heavy atom. The van der Waals surface area contributed by atoms with Crippen LogP contribution >= 0.6 is 23.2 Å². The maximum absolute atomic E-state index is 12.2. The summed E-state index contributed by atoms with van der Waals surface area (Å²) in [6.07, 6.45) is 1.33. The zero-order chi connectivity index (χ0) is 23.8. The van der Waals surface area contributed by atoms with Gasteiger partial charge in [0.25, 0.3) is 0 Å². The number of hydrogen-bond donors (Lipinski definition) is 2. The molecule has 0 bridgehead atoms. The van der Waals surface area contributed by atoms with Crippen molar-refractivity contribution >= 4 is 52.9 Å². The number of carbonyl (C=O) groups is 3. The van der Waals surface area contributed by atoms with E-state index in [4.69, 9.17) is 32.7 Å². The van der Waals surface area contributed by atoms with E-state index >= 15 is 0 Å². The van der Waals surface area contributed by atoms with Crippen LogP contribution in [0.2, 0.25) is 10.0 Å². The zero-order valence-electron chi connectivity index (χ0n) is 17.2. The molecule has 0 aliphatic heterocycles. The van der Waals surface area contributed by atoms with Gasteiger partial charge in [-0.1, -0.05) is 29.3 Å². The van der Waals surface area contributed by atoms with Crippen molar-refractivity contribution in [3.05, 3.63) is 87.9 Å². The van der Waals surface area contributed by atoms with Gasteiger partial charge in [-0.15, -0.1) is 0 Å². The minimum atomic E-state index is -0.993. The fraction of sp³-hybridized carbons (Fsp3) is 0.0435. The van der Waals surface area contributed by atoms with Crippen molar-refractivity contribution in [1.82, 2.24) is 5.43 Å². The number of hydrogen-bond acceptors (Lipinski definition) is 6. The summed E-state index contributed by atoms with van der Waals surface area (Å²) in [4.78, 5) is 36.1. The van der Waals surface area contributed by atoms with Gasteiger partial charge in [0.1, 0.15) is 11.5 Å². The molecule has 0 unspecified atom stereocenters. The highest BCUT2D eigenvalue weighted by Gasteiger charge is 2.15. The lowest BCUT2D eigenvalue weighted by molar-refractivity contribution is -0.136. The highest BCUT2D eigenvalue weighted by atomic mass is 35.5. The molecule has 2 N–H and O–H groups in total. The average Bonchev–Trinajstić information content (AvgIpc) is 2.83. The second kappa shape index (κ2) is 11.1. The van der Waals surface area contributed by atoms with Crippen LogP contribution < -0.4 is 20.2 Å². The second-order valence-corrected chi connectivity index (χ2v) is 7.23. The van der Waals surface area contributed by atoms with Crippen LogP contribution in [-0.4, -0.2) is 31.1 Å². The molecule has 0 aliphatic rings. The molecule has 0 saturated heterocycles. The van der Waals surface area contributed by atoms with Crippen LogP contribution in [0.15, 0.2) is 71.8 Å². The van der Waals surface area contributed by atoms with Crippen LogP contribution in [0.3, 0.4) is 0 Å². The summed E-state index contributed by atoms with van der Waals surface area (Å²) >= 11 is 11.8. The minimum absolute atomic E-state index is 0.122.